The van der Waals surface area contributed by atoms with E-state index in [0.717, 1.165) is 18.3 Å². The molecule has 0 aliphatic carbocycles. The number of thiophene rings is 1. The minimum absolute atomic E-state index is 0.0608. The van der Waals surface area contributed by atoms with Crippen molar-refractivity contribution in [1.29, 1.82) is 0 Å². The zero-order valence-corrected chi connectivity index (χ0v) is 14.8. The molecule has 0 spiro atoms. The van der Waals surface area contributed by atoms with Gasteiger partial charge < -0.3 is 15.4 Å². The lowest BCUT2D eigenvalue weighted by atomic mass is 10.1. The Labute approximate surface area is 142 Å². The number of hydrogen-bond acceptors (Lipinski definition) is 3. The summed E-state index contributed by atoms with van der Waals surface area (Å²) >= 11 is 1.79. The Bertz CT molecular complexity index is 584. The van der Waals surface area contributed by atoms with Crippen molar-refractivity contribution in [2.75, 3.05) is 20.1 Å². The van der Waals surface area contributed by atoms with E-state index in [-0.39, 0.29) is 6.10 Å². The van der Waals surface area contributed by atoms with E-state index in [1.165, 1.54) is 4.88 Å². The molecule has 1 aromatic heterocycles. The molecule has 0 bridgehead atoms. The molecule has 124 valence electrons. The summed E-state index contributed by atoms with van der Waals surface area (Å²) in [6.07, 6.45) is 0.0608. The maximum absolute atomic E-state index is 5.85. The van der Waals surface area contributed by atoms with Gasteiger partial charge in [0.25, 0.3) is 0 Å². The molecule has 0 saturated heterocycles. The van der Waals surface area contributed by atoms with Crippen molar-refractivity contribution in [3.63, 3.8) is 0 Å². The fourth-order valence-corrected chi connectivity index (χ4v) is 2.94. The molecule has 1 heterocycles. The molecule has 5 heteroatoms. The molecule has 2 unspecified atom stereocenters. The zero-order chi connectivity index (χ0) is 16.5. The van der Waals surface area contributed by atoms with Gasteiger partial charge in [0.05, 0.1) is 6.54 Å². The topological polar surface area (TPSA) is 45.7 Å². The van der Waals surface area contributed by atoms with Gasteiger partial charge in [0.1, 0.15) is 11.9 Å². The van der Waals surface area contributed by atoms with Crippen LogP contribution in [0, 0.1) is 0 Å². The molecule has 0 aliphatic heterocycles. The molecule has 1 aromatic carbocycles. The van der Waals surface area contributed by atoms with E-state index in [1.807, 2.05) is 37.3 Å². The third kappa shape index (κ3) is 5.94. The Morgan fingerprint density at radius 1 is 1.09 bits per heavy atom. The van der Waals surface area contributed by atoms with E-state index < -0.39 is 0 Å². The molecule has 2 aromatic rings. The number of guanidine groups is 1. The molecule has 4 nitrogen and oxygen atoms in total. The van der Waals surface area contributed by atoms with Crippen LogP contribution >= 0.6 is 11.3 Å². The number of hydrogen-bond donors (Lipinski definition) is 2. The fraction of sp³-hybridized carbons (Fsp3) is 0.389. The van der Waals surface area contributed by atoms with Gasteiger partial charge in [0, 0.05) is 24.4 Å². The quantitative estimate of drug-likeness (QED) is 0.603. The predicted molar refractivity (Wildman–Crippen MR) is 98.6 cm³/mol. The first kappa shape index (κ1) is 17.3. The highest BCUT2D eigenvalue weighted by Gasteiger charge is 2.09. The second kappa shape index (κ2) is 9.20. The Kier molecular flexibility index (Phi) is 6.94. The summed E-state index contributed by atoms with van der Waals surface area (Å²) in [6, 6.07) is 14.1. The summed E-state index contributed by atoms with van der Waals surface area (Å²) in [7, 11) is 1.79. The van der Waals surface area contributed by atoms with E-state index in [4.69, 9.17) is 4.74 Å². The summed E-state index contributed by atoms with van der Waals surface area (Å²) in [5, 5.41) is 8.79. The number of nitrogens with one attached hydrogen (secondary N) is 2. The van der Waals surface area contributed by atoms with E-state index in [2.05, 4.69) is 40.1 Å². The third-order valence-corrected chi connectivity index (χ3v) is 4.57. The van der Waals surface area contributed by atoms with Gasteiger partial charge in [0.2, 0.25) is 0 Å². The number of nitrogens with zero attached hydrogens (tertiary/aromatic N) is 1. The van der Waals surface area contributed by atoms with Crippen molar-refractivity contribution < 1.29 is 4.74 Å². The largest absolute Gasteiger partial charge is 0.489 e. The third-order valence-electron chi connectivity index (χ3n) is 3.47. The smallest absolute Gasteiger partial charge is 0.191 e. The molecular formula is C18H25N3OS. The molecule has 0 fully saturated rings. The molecule has 2 N–H and O–H groups in total. The van der Waals surface area contributed by atoms with Crippen LogP contribution in [0.2, 0.25) is 0 Å². The Morgan fingerprint density at radius 3 is 2.48 bits per heavy atom. The van der Waals surface area contributed by atoms with E-state index in [0.29, 0.717) is 12.5 Å². The van der Waals surface area contributed by atoms with Gasteiger partial charge in [-0.2, -0.15) is 0 Å². The van der Waals surface area contributed by atoms with E-state index in [1.54, 1.807) is 18.4 Å². The Morgan fingerprint density at radius 2 is 1.83 bits per heavy atom. The Balaban J connectivity index is 1.72. The summed E-state index contributed by atoms with van der Waals surface area (Å²) in [5.74, 6) is 2.15. The molecule has 23 heavy (non-hydrogen) atoms. The second-order valence-electron chi connectivity index (χ2n) is 5.49. The fourth-order valence-electron chi connectivity index (χ4n) is 2.16. The highest BCUT2D eigenvalue weighted by molar-refractivity contribution is 7.10. The highest BCUT2D eigenvalue weighted by atomic mass is 32.1. The van der Waals surface area contributed by atoms with Crippen LogP contribution in [-0.4, -0.2) is 32.2 Å². The van der Waals surface area contributed by atoms with Crippen LogP contribution < -0.4 is 15.4 Å². The highest BCUT2D eigenvalue weighted by Crippen LogP contribution is 2.19. The molecular weight excluding hydrogens is 306 g/mol. The number of ether oxygens (including phenoxy) is 1. The van der Waals surface area contributed by atoms with Gasteiger partial charge >= 0.3 is 0 Å². The van der Waals surface area contributed by atoms with Crippen molar-refractivity contribution in [3.8, 4) is 5.75 Å². The van der Waals surface area contributed by atoms with Crippen LogP contribution in [0.4, 0.5) is 0 Å². The van der Waals surface area contributed by atoms with Crippen LogP contribution in [0.1, 0.15) is 24.6 Å². The average molecular weight is 331 g/mol. The standard InChI is InChI=1S/C18H25N3OS/c1-14(17-10-7-11-23-17)12-20-18(19-3)21-13-15(2)22-16-8-5-4-6-9-16/h4-11,14-15H,12-13H2,1-3H3,(H2,19,20,21). The second-order valence-corrected chi connectivity index (χ2v) is 6.47. The van der Waals surface area contributed by atoms with Gasteiger partial charge in [-0.3, -0.25) is 4.99 Å². The first-order valence-electron chi connectivity index (χ1n) is 7.88. The SMILES string of the molecule is CN=C(NCC(C)Oc1ccccc1)NCC(C)c1cccs1. The predicted octanol–water partition coefficient (Wildman–Crippen LogP) is 3.48. The minimum Gasteiger partial charge on any atom is -0.489 e. The van der Waals surface area contributed by atoms with Crippen molar-refractivity contribution in [3.05, 3.63) is 52.7 Å². The van der Waals surface area contributed by atoms with Crippen molar-refractivity contribution in [2.24, 2.45) is 4.99 Å². The summed E-state index contributed by atoms with van der Waals surface area (Å²) in [5.41, 5.74) is 0. The average Bonchev–Trinajstić information content (AvgIpc) is 3.10. The summed E-state index contributed by atoms with van der Waals surface area (Å²) in [4.78, 5) is 5.65. The van der Waals surface area contributed by atoms with Crippen LogP contribution in [0.25, 0.3) is 0 Å². The van der Waals surface area contributed by atoms with Gasteiger partial charge in [-0.1, -0.05) is 31.2 Å². The van der Waals surface area contributed by atoms with Gasteiger partial charge in [0.15, 0.2) is 5.96 Å². The molecule has 0 aliphatic rings. The lowest BCUT2D eigenvalue weighted by molar-refractivity contribution is 0.224. The van der Waals surface area contributed by atoms with Crippen LogP contribution in [0.15, 0.2) is 52.8 Å². The lowest BCUT2D eigenvalue weighted by Crippen LogP contribution is -2.42. The summed E-state index contributed by atoms with van der Waals surface area (Å²) in [6.45, 7) is 5.81. The lowest BCUT2D eigenvalue weighted by Gasteiger charge is -2.19. The number of benzene rings is 1. The number of para-hydroxylation sites is 1. The van der Waals surface area contributed by atoms with E-state index >= 15 is 0 Å². The Hall–Kier alpha value is -2.01. The van der Waals surface area contributed by atoms with Crippen molar-refractivity contribution >= 4 is 17.3 Å². The summed E-state index contributed by atoms with van der Waals surface area (Å²) < 4.78 is 5.85. The molecule has 0 saturated carbocycles. The zero-order valence-electron chi connectivity index (χ0n) is 14.0. The minimum atomic E-state index is 0.0608. The molecule has 0 radical (unpaired) electrons. The van der Waals surface area contributed by atoms with Crippen LogP contribution in [0.3, 0.4) is 0 Å². The monoisotopic (exact) mass is 331 g/mol. The normalized spacial score (nSPS) is 14.1. The molecule has 2 rings (SSSR count). The van der Waals surface area contributed by atoms with Gasteiger partial charge in [-0.25, -0.2) is 0 Å². The van der Waals surface area contributed by atoms with Gasteiger partial charge in [-0.05, 0) is 30.5 Å². The van der Waals surface area contributed by atoms with Crippen LogP contribution in [0.5, 0.6) is 5.75 Å². The molecule has 2 atom stereocenters. The van der Waals surface area contributed by atoms with E-state index in [9.17, 15) is 0 Å². The van der Waals surface area contributed by atoms with Crippen molar-refractivity contribution in [1.82, 2.24) is 10.6 Å². The van der Waals surface area contributed by atoms with Gasteiger partial charge in [-0.15, -0.1) is 11.3 Å². The first-order valence-corrected chi connectivity index (χ1v) is 8.76. The number of aliphatic imine (C=N–C) groups is 1. The molecule has 0 amide bonds. The maximum Gasteiger partial charge on any atom is 0.191 e. The van der Waals surface area contributed by atoms with Crippen LogP contribution in [-0.2, 0) is 0 Å². The van der Waals surface area contributed by atoms with Crippen molar-refractivity contribution in [2.45, 2.75) is 25.9 Å². The number of rotatable bonds is 7. The first-order chi connectivity index (χ1) is 11.2. The maximum atomic E-state index is 5.85.